The zero-order chi connectivity index (χ0) is 15.8. The van der Waals surface area contributed by atoms with E-state index < -0.39 is 0 Å². The summed E-state index contributed by atoms with van der Waals surface area (Å²) in [5, 5.41) is 17.6. The van der Waals surface area contributed by atoms with Crippen molar-refractivity contribution in [3.8, 4) is 6.07 Å². The third kappa shape index (κ3) is 6.20. The molecular weight excluding hydrogens is 419 g/mol. The molecule has 0 aliphatic carbocycles. The lowest BCUT2D eigenvalue weighted by Crippen LogP contribution is -2.38. The number of rotatable bonds is 5. The fraction of sp³-hybridized carbons (Fsp3) is 0.294. The molecule has 1 unspecified atom stereocenters. The Bertz CT molecular complexity index is 644. The Kier molecular flexibility index (Phi) is 8.66. The largest absolute Gasteiger partial charge is 0.357 e. The van der Waals surface area contributed by atoms with E-state index in [0.29, 0.717) is 12.1 Å². The van der Waals surface area contributed by atoms with Gasteiger partial charge in [0.1, 0.15) is 0 Å². The van der Waals surface area contributed by atoms with Gasteiger partial charge < -0.3 is 10.6 Å². The van der Waals surface area contributed by atoms with Crippen LogP contribution < -0.4 is 10.6 Å². The van der Waals surface area contributed by atoms with Gasteiger partial charge in [-0.15, -0.1) is 35.3 Å². The minimum atomic E-state index is 0. The Balaban J connectivity index is 0.00000264. The molecule has 0 saturated heterocycles. The molecule has 2 rings (SSSR count). The minimum Gasteiger partial charge on any atom is -0.357 e. The van der Waals surface area contributed by atoms with E-state index in [-0.39, 0.29) is 30.0 Å². The van der Waals surface area contributed by atoms with Crippen LogP contribution >= 0.6 is 35.3 Å². The maximum absolute atomic E-state index is 8.81. The summed E-state index contributed by atoms with van der Waals surface area (Å²) in [7, 11) is 0. The molecule has 2 N–H and O–H groups in total. The van der Waals surface area contributed by atoms with Gasteiger partial charge in [0.25, 0.3) is 0 Å². The molecule has 0 fully saturated rings. The van der Waals surface area contributed by atoms with Crippen LogP contribution in [0.25, 0.3) is 0 Å². The Morgan fingerprint density at radius 1 is 1.30 bits per heavy atom. The lowest BCUT2D eigenvalue weighted by Gasteiger charge is -2.16. The number of hydrogen-bond acceptors (Lipinski definition) is 3. The Labute approximate surface area is 158 Å². The molecule has 1 aromatic carbocycles. The summed E-state index contributed by atoms with van der Waals surface area (Å²) in [6.07, 6.45) is 0. The standard InChI is InChI=1S/C17H20N4S.HI/c1-3-19-17(21-13(2)16-5-4-10-22-16)20-12-15-8-6-14(11-18)7-9-15;/h4-10,13H,3,12H2,1-2H3,(H2,19,20,21);1H. The second-order valence-electron chi connectivity index (χ2n) is 4.89. The zero-order valence-corrected chi connectivity index (χ0v) is 16.4. The highest BCUT2D eigenvalue weighted by atomic mass is 127. The van der Waals surface area contributed by atoms with Gasteiger partial charge in [-0.25, -0.2) is 4.99 Å². The number of halogens is 1. The first-order valence-corrected chi connectivity index (χ1v) is 8.18. The number of nitriles is 1. The minimum absolute atomic E-state index is 0. The molecule has 4 nitrogen and oxygen atoms in total. The highest BCUT2D eigenvalue weighted by Crippen LogP contribution is 2.17. The smallest absolute Gasteiger partial charge is 0.192 e. The Hall–Kier alpha value is -1.59. The molecule has 0 radical (unpaired) electrons. The molecule has 0 spiro atoms. The SMILES string of the molecule is CCNC(=NCc1ccc(C#N)cc1)NC(C)c1cccs1.I. The number of hydrogen-bond donors (Lipinski definition) is 2. The lowest BCUT2D eigenvalue weighted by atomic mass is 10.1. The first-order chi connectivity index (χ1) is 10.7. The number of thiophene rings is 1. The van der Waals surface area contributed by atoms with Gasteiger partial charge in [-0.2, -0.15) is 5.26 Å². The number of aliphatic imine (C=N–C) groups is 1. The molecule has 0 amide bonds. The van der Waals surface area contributed by atoms with Crippen LogP contribution in [-0.2, 0) is 6.54 Å². The molecule has 1 aromatic heterocycles. The van der Waals surface area contributed by atoms with E-state index in [1.165, 1.54) is 4.88 Å². The predicted molar refractivity (Wildman–Crippen MR) is 107 cm³/mol. The number of benzene rings is 1. The van der Waals surface area contributed by atoms with Crippen LogP contribution in [0.15, 0.2) is 46.8 Å². The number of guanidine groups is 1. The third-order valence-electron chi connectivity index (χ3n) is 3.17. The van der Waals surface area contributed by atoms with Crippen molar-refractivity contribution in [3.05, 3.63) is 57.8 Å². The van der Waals surface area contributed by atoms with Crippen LogP contribution in [0.5, 0.6) is 0 Å². The molecule has 122 valence electrons. The van der Waals surface area contributed by atoms with Gasteiger partial charge in [0.2, 0.25) is 0 Å². The van der Waals surface area contributed by atoms with Crippen molar-refractivity contribution in [1.82, 2.24) is 10.6 Å². The van der Waals surface area contributed by atoms with Crippen molar-refractivity contribution in [2.24, 2.45) is 4.99 Å². The van der Waals surface area contributed by atoms with E-state index in [9.17, 15) is 0 Å². The zero-order valence-electron chi connectivity index (χ0n) is 13.2. The van der Waals surface area contributed by atoms with Crippen molar-refractivity contribution in [2.45, 2.75) is 26.4 Å². The number of nitrogens with zero attached hydrogens (tertiary/aromatic N) is 2. The van der Waals surface area contributed by atoms with Crippen molar-refractivity contribution < 1.29 is 0 Å². The maximum Gasteiger partial charge on any atom is 0.192 e. The van der Waals surface area contributed by atoms with Gasteiger partial charge in [0.15, 0.2) is 5.96 Å². The summed E-state index contributed by atoms with van der Waals surface area (Å²) >= 11 is 1.73. The second-order valence-corrected chi connectivity index (χ2v) is 5.86. The fourth-order valence-corrected chi connectivity index (χ4v) is 2.72. The molecule has 0 saturated carbocycles. The third-order valence-corrected chi connectivity index (χ3v) is 4.23. The monoisotopic (exact) mass is 440 g/mol. The molecule has 0 bridgehead atoms. The van der Waals surface area contributed by atoms with Crippen LogP contribution in [0.3, 0.4) is 0 Å². The van der Waals surface area contributed by atoms with Crippen LogP contribution in [0.4, 0.5) is 0 Å². The Morgan fingerprint density at radius 2 is 2.04 bits per heavy atom. The van der Waals surface area contributed by atoms with E-state index in [1.54, 1.807) is 11.3 Å². The topological polar surface area (TPSA) is 60.2 Å². The lowest BCUT2D eigenvalue weighted by molar-refractivity contribution is 0.698. The second kappa shape index (κ2) is 10.2. The van der Waals surface area contributed by atoms with Gasteiger partial charge >= 0.3 is 0 Å². The summed E-state index contributed by atoms with van der Waals surface area (Å²) in [6, 6.07) is 14.0. The van der Waals surface area contributed by atoms with Gasteiger partial charge in [0.05, 0.1) is 24.2 Å². The van der Waals surface area contributed by atoms with Crippen molar-refractivity contribution in [3.63, 3.8) is 0 Å². The van der Waals surface area contributed by atoms with E-state index >= 15 is 0 Å². The molecule has 0 aliphatic rings. The quantitative estimate of drug-likeness (QED) is 0.419. The van der Waals surface area contributed by atoms with Crippen LogP contribution in [0.1, 0.15) is 35.9 Å². The van der Waals surface area contributed by atoms with Crippen LogP contribution in [-0.4, -0.2) is 12.5 Å². The van der Waals surface area contributed by atoms with E-state index in [1.807, 2.05) is 24.3 Å². The van der Waals surface area contributed by atoms with Crippen molar-refractivity contribution in [2.75, 3.05) is 6.54 Å². The molecule has 0 aliphatic heterocycles. The summed E-state index contributed by atoms with van der Waals surface area (Å²) in [4.78, 5) is 5.89. The molecule has 2 aromatic rings. The van der Waals surface area contributed by atoms with Crippen molar-refractivity contribution in [1.29, 1.82) is 5.26 Å². The summed E-state index contributed by atoms with van der Waals surface area (Å²) in [6.45, 7) is 5.57. The normalized spacial score (nSPS) is 12.0. The summed E-state index contributed by atoms with van der Waals surface area (Å²) < 4.78 is 0. The number of nitrogens with one attached hydrogen (secondary N) is 2. The van der Waals surface area contributed by atoms with Gasteiger partial charge in [-0.3, -0.25) is 0 Å². The average Bonchev–Trinajstić information content (AvgIpc) is 3.08. The molecular formula is C17H21IN4S. The van der Waals surface area contributed by atoms with E-state index in [0.717, 1.165) is 18.1 Å². The highest BCUT2D eigenvalue weighted by Gasteiger charge is 2.08. The van der Waals surface area contributed by atoms with Gasteiger partial charge in [-0.1, -0.05) is 18.2 Å². The summed E-state index contributed by atoms with van der Waals surface area (Å²) in [5.41, 5.74) is 1.75. The van der Waals surface area contributed by atoms with Gasteiger partial charge in [0, 0.05) is 11.4 Å². The predicted octanol–water partition coefficient (Wildman–Crippen LogP) is 4.05. The van der Waals surface area contributed by atoms with E-state index in [2.05, 4.69) is 53.1 Å². The maximum atomic E-state index is 8.81. The van der Waals surface area contributed by atoms with Crippen LogP contribution in [0, 0.1) is 11.3 Å². The first kappa shape index (κ1) is 19.5. The van der Waals surface area contributed by atoms with Crippen LogP contribution in [0.2, 0.25) is 0 Å². The molecule has 1 atom stereocenters. The molecule has 6 heteroatoms. The highest BCUT2D eigenvalue weighted by molar-refractivity contribution is 14.0. The molecule has 1 heterocycles. The fourth-order valence-electron chi connectivity index (χ4n) is 1.99. The summed E-state index contributed by atoms with van der Waals surface area (Å²) in [5.74, 6) is 0.799. The van der Waals surface area contributed by atoms with Crippen molar-refractivity contribution >= 4 is 41.3 Å². The Morgan fingerprint density at radius 3 is 2.61 bits per heavy atom. The van der Waals surface area contributed by atoms with E-state index in [4.69, 9.17) is 5.26 Å². The van der Waals surface area contributed by atoms with Gasteiger partial charge in [-0.05, 0) is 43.0 Å². The average molecular weight is 440 g/mol. The molecule has 23 heavy (non-hydrogen) atoms. The first-order valence-electron chi connectivity index (χ1n) is 7.30.